The van der Waals surface area contributed by atoms with Crippen molar-refractivity contribution in [2.24, 2.45) is 0 Å². The van der Waals surface area contributed by atoms with Gasteiger partial charge in [0.25, 0.3) is 0 Å². The molecule has 0 saturated heterocycles. The summed E-state index contributed by atoms with van der Waals surface area (Å²) in [6, 6.07) is 35.7. The number of halogens is 1. The van der Waals surface area contributed by atoms with Crippen molar-refractivity contribution < 1.29 is 0 Å². The molecule has 0 spiro atoms. The summed E-state index contributed by atoms with van der Waals surface area (Å²) < 4.78 is 1.15. The van der Waals surface area contributed by atoms with Gasteiger partial charge in [-0.3, -0.25) is 0 Å². The molecule has 1 aliphatic rings. The van der Waals surface area contributed by atoms with Crippen molar-refractivity contribution >= 4 is 44.8 Å². The Hall–Kier alpha value is -2.42. The van der Waals surface area contributed by atoms with Crippen LogP contribution in [-0.4, -0.2) is 8.07 Å². The van der Waals surface area contributed by atoms with E-state index in [2.05, 4.69) is 121 Å². The number of unbranched alkanes of at least 4 members (excludes halogenated alkanes) is 6. The van der Waals surface area contributed by atoms with Crippen LogP contribution >= 0.6 is 15.9 Å². The van der Waals surface area contributed by atoms with Crippen molar-refractivity contribution in [1.82, 2.24) is 0 Å². The molecule has 38 heavy (non-hydrogen) atoms. The van der Waals surface area contributed by atoms with E-state index in [4.69, 9.17) is 0 Å². The molecule has 0 radical (unpaired) electrons. The highest BCUT2D eigenvalue weighted by Gasteiger charge is 2.48. The van der Waals surface area contributed by atoms with Crippen molar-refractivity contribution in [3.8, 4) is 11.1 Å². The Kier molecular flexibility index (Phi) is 9.02. The second-order valence-corrected chi connectivity index (χ2v) is 15.6. The highest BCUT2D eigenvalue weighted by atomic mass is 79.9. The molecule has 0 unspecified atom stereocenters. The molecular weight excluding hydrogens is 540 g/mol. The Labute approximate surface area is 239 Å². The minimum Gasteiger partial charge on any atom is -0.0654 e. The maximum absolute atomic E-state index is 3.77. The zero-order chi connectivity index (χ0) is 26.4. The summed E-state index contributed by atoms with van der Waals surface area (Å²) in [4.78, 5) is 0. The van der Waals surface area contributed by atoms with Crippen molar-refractivity contribution in [3.05, 3.63) is 107 Å². The molecule has 0 saturated carbocycles. The predicted molar refractivity (Wildman–Crippen MR) is 172 cm³/mol. The summed E-state index contributed by atoms with van der Waals surface area (Å²) in [6.07, 6.45) is 12.9. The number of aryl methyl sites for hydroxylation is 2. The van der Waals surface area contributed by atoms with Crippen LogP contribution in [0.4, 0.5) is 0 Å². The van der Waals surface area contributed by atoms with Crippen LogP contribution in [0.25, 0.3) is 11.1 Å². The molecule has 0 bridgehead atoms. The van der Waals surface area contributed by atoms with Gasteiger partial charge >= 0.3 is 0 Å². The van der Waals surface area contributed by atoms with Crippen LogP contribution < -0.4 is 20.7 Å². The lowest BCUT2D eigenvalue weighted by Gasteiger charge is -2.31. The van der Waals surface area contributed by atoms with Gasteiger partial charge in [0.1, 0.15) is 0 Å². The van der Waals surface area contributed by atoms with Gasteiger partial charge in [-0.1, -0.05) is 147 Å². The average molecular weight is 582 g/mol. The van der Waals surface area contributed by atoms with Crippen molar-refractivity contribution in [2.75, 3.05) is 0 Å². The first-order chi connectivity index (χ1) is 18.7. The molecule has 0 aliphatic carbocycles. The largest absolute Gasteiger partial charge is 0.180 e. The number of hydrogen-bond acceptors (Lipinski definition) is 0. The minimum atomic E-state index is -2.40. The number of rotatable bonds is 12. The fourth-order valence-electron chi connectivity index (χ4n) is 6.40. The first-order valence-corrected chi connectivity index (χ1v) is 17.6. The SMILES string of the molecule is CCCCCCc1ccc([Si]2(c3ccc(CCCCCC)cc3)c3ccccc3-c3cc(Br)ccc32)cc1. The Morgan fingerprint density at radius 2 is 1.05 bits per heavy atom. The van der Waals surface area contributed by atoms with Gasteiger partial charge in [-0.15, -0.1) is 0 Å². The van der Waals surface area contributed by atoms with Crippen LogP contribution in [0.15, 0.2) is 95.5 Å². The quantitative estimate of drug-likeness (QED) is 0.103. The second-order valence-electron chi connectivity index (χ2n) is 11.0. The second kappa shape index (κ2) is 12.6. The molecule has 0 N–H and O–H groups in total. The molecule has 4 aromatic carbocycles. The van der Waals surface area contributed by atoms with Gasteiger partial charge in [0.15, 0.2) is 8.07 Å². The first kappa shape index (κ1) is 27.2. The van der Waals surface area contributed by atoms with Crippen LogP contribution in [0.1, 0.15) is 76.3 Å². The van der Waals surface area contributed by atoms with E-state index in [1.165, 1.54) is 107 Å². The molecule has 1 heterocycles. The summed E-state index contributed by atoms with van der Waals surface area (Å²) in [5, 5.41) is 6.05. The van der Waals surface area contributed by atoms with E-state index in [-0.39, 0.29) is 0 Å². The topological polar surface area (TPSA) is 0 Å². The molecule has 0 amide bonds. The lowest BCUT2D eigenvalue weighted by Crippen LogP contribution is -2.72. The van der Waals surface area contributed by atoms with Crippen LogP contribution in [0.5, 0.6) is 0 Å². The van der Waals surface area contributed by atoms with Crippen molar-refractivity contribution in [1.29, 1.82) is 0 Å². The normalized spacial score (nSPS) is 13.3. The minimum absolute atomic E-state index is 1.15. The Morgan fingerprint density at radius 1 is 0.526 bits per heavy atom. The number of hydrogen-bond donors (Lipinski definition) is 0. The molecule has 0 fully saturated rings. The molecule has 0 nitrogen and oxygen atoms in total. The number of fused-ring (bicyclic) bond motifs is 3. The molecule has 4 aromatic rings. The molecule has 5 rings (SSSR count). The number of benzene rings is 4. The van der Waals surface area contributed by atoms with Crippen molar-refractivity contribution in [2.45, 2.75) is 78.1 Å². The van der Waals surface area contributed by atoms with Gasteiger partial charge < -0.3 is 0 Å². The maximum Gasteiger partial charge on any atom is 0.180 e. The van der Waals surface area contributed by atoms with Crippen LogP contribution in [0, 0.1) is 0 Å². The zero-order valence-corrected chi connectivity index (χ0v) is 25.7. The van der Waals surface area contributed by atoms with E-state index in [0.29, 0.717) is 0 Å². The fraction of sp³-hybridized carbons (Fsp3) is 0.333. The lowest BCUT2D eigenvalue weighted by molar-refractivity contribution is 0.667. The van der Waals surface area contributed by atoms with E-state index in [9.17, 15) is 0 Å². The highest BCUT2D eigenvalue weighted by Crippen LogP contribution is 2.30. The molecule has 196 valence electrons. The van der Waals surface area contributed by atoms with E-state index in [1.807, 2.05) is 0 Å². The van der Waals surface area contributed by atoms with Crippen molar-refractivity contribution in [3.63, 3.8) is 0 Å². The van der Waals surface area contributed by atoms with Crippen LogP contribution in [-0.2, 0) is 12.8 Å². The fourth-order valence-corrected chi connectivity index (χ4v) is 11.9. The summed E-state index contributed by atoms with van der Waals surface area (Å²) in [5.41, 5.74) is 5.74. The summed E-state index contributed by atoms with van der Waals surface area (Å²) in [5.74, 6) is 0. The van der Waals surface area contributed by atoms with Crippen LogP contribution in [0.3, 0.4) is 0 Å². The Morgan fingerprint density at radius 3 is 1.61 bits per heavy atom. The monoisotopic (exact) mass is 580 g/mol. The Balaban J connectivity index is 1.59. The van der Waals surface area contributed by atoms with E-state index >= 15 is 0 Å². The van der Waals surface area contributed by atoms with E-state index in [0.717, 1.165) is 4.47 Å². The van der Waals surface area contributed by atoms with Gasteiger partial charge in [-0.25, -0.2) is 0 Å². The van der Waals surface area contributed by atoms with Gasteiger partial charge in [-0.2, -0.15) is 0 Å². The van der Waals surface area contributed by atoms with Gasteiger partial charge in [-0.05, 0) is 80.8 Å². The molecule has 1 aliphatic heterocycles. The highest BCUT2D eigenvalue weighted by molar-refractivity contribution is 9.10. The molecule has 0 atom stereocenters. The lowest BCUT2D eigenvalue weighted by atomic mass is 10.1. The first-order valence-electron chi connectivity index (χ1n) is 14.8. The van der Waals surface area contributed by atoms with Gasteiger partial charge in [0.05, 0.1) is 0 Å². The third-order valence-electron chi connectivity index (χ3n) is 8.42. The summed E-state index contributed by atoms with van der Waals surface area (Å²) >= 11 is 3.77. The zero-order valence-electron chi connectivity index (χ0n) is 23.1. The van der Waals surface area contributed by atoms with E-state index < -0.39 is 8.07 Å². The smallest absolute Gasteiger partial charge is 0.0654 e. The predicted octanol–water partition coefficient (Wildman–Crippen LogP) is 8.05. The Bertz CT molecular complexity index is 1280. The molecular formula is C36H41BrSi. The van der Waals surface area contributed by atoms with Gasteiger partial charge in [0.2, 0.25) is 0 Å². The third-order valence-corrected chi connectivity index (χ3v) is 13.8. The van der Waals surface area contributed by atoms with Crippen LogP contribution in [0.2, 0.25) is 0 Å². The van der Waals surface area contributed by atoms with E-state index in [1.54, 1.807) is 0 Å². The summed E-state index contributed by atoms with van der Waals surface area (Å²) in [6.45, 7) is 4.57. The van der Waals surface area contributed by atoms with Gasteiger partial charge in [0, 0.05) is 4.47 Å². The average Bonchev–Trinajstić information content (AvgIpc) is 3.24. The summed E-state index contributed by atoms with van der Waals surface area (Å²) in [7, 11) is -2.40. The standard InChI is InChI=1S/C36H41BrSi/c1-3-5-7-9-13-28-17-22-31(23-18-28)38(32-24-19-29(20-25-32)14-10-8-6-4-2)35-16-12-11-15-33(35)34-27-30(37)21-26-36(34)38/h11-12,15-27H,3-10,13-14H2,1-2H3. The molecule has 2 heteroatoms. The third kappa shape index (κ3) is 5.35. The molecule has 0 aromatic heterocycles. The maximum atomic E-state index is 3.77.